The second-order valence-corrected chi connectivity index (χ2v) is 5.61. The van der Waals surface area contributed by atoms with Gasteiger partial charge in [0.25, 0.3) is 0 Å². The minimum Gasteiger partial charge on any atom is -0.496 e. The maximum atomic E-state index is 5.49. The van der Waals surface area contributed by atoms with Gasteiger partial charge in [-0.15, -0.1) is 0 Å². The molecule has 3 heteroatoms. The standard InChI is InChI=1S/C16H26N2O/c1-12(10-17-2)11-18-14-8-7-13-5-4-6-16(19-3)15(13)9-14/h4-6,12,14,17-18H,7-11H2,1-3H3. The highest BCUT2D eigenvalue weighted by molar-refractivity contribution is 5.42. The molecule has 0 aromatic heterocycles. The normalized spacial score (nSPS) is 19.8. The summed E-state index contributed by atoms with van der Waals surface area (Å²) in [7, 11) is 3.78. The summed E-state index contributed by atoms with van der Waals surface area (Å²) in [5, 5.41) is 6.93. The number of rotatable bonds is 6. The Bertz CT molecular complexity index is 391. The molecule has 0 saturated carbocycles. The summed E-state index contributed by atoms with van der Waals surface area (Å²) in [6.45, 7) is 4.43. The quantitative estimate of drug-likeness (QED) is 0.822. The molecule has 3 nitrogen and oxygen atoms in total. The molecule has 0 amide bonds. The molecule has 19 heavy (non-hydrogen) atoms. The molecule has 2 unspecified atom stereocenters. The van der Waals surface area contributed by atoms with Gasteiger partial charge < -0.3 is 15.4 Å². The van der Waals surface area contributed by atoms with Crippen molar-refractivity contribution in [2.45, 2.75) is 32.2 Å². The molecule has 0 bridgehead atoms. The Kier molecular flexibility index (Phi) is 5.23. The summed E-state index contributed by atoms with van der Waals surface area (Å²) in [4.78, 5) is 0. The van der Waals surface area contributed by atoms with Gasteiger partial charge in [-0.25, -0.2) is 0 Å². The van der Waals surface area contributed by atoms with Crippen LogP contribution in [0.15, 0.2) is 18.2 Å². The molecule has 2 N–H and O–H groups in total. The Morgan fingerprint density at radius 2 is 2.21 bits per heavy atom. The van der Waals surface area contributed by atoms with Gasteiger partial charge in [0.2, 0.25) is 0 Å². The van der Waals surface area contributed by atoms with E-state index in [9.17, 15) is 0 Å². The fraction of sp³-hybridized carbons (Fsp3) is 0.625. The number of methoxy groups -OCH3 is 1. The predicted molar refractivity (Wildman–Crippen MR) is 79.9 cm³/mol. The monoisotopic (exact) mass is 262 g/mol. The molecule has 1 aromatic rings. The van der Waals surface area contributed by atoms with Gasteiger partial charge in [-0.1, -0.05) is 19.1 Å². The lowest BCUT2D eigenvalue weighted by Gasteiger charge is -2.28. The number of fused-ring (bicyclic) bond motifs is 1. The smallest absolute Gasteiger partial charge is 0.122 e. The summed E-state index contributed by atoms with van der Waals surface area (Å²) in [5.41, 5.74) is 2.86. The average molecular weight is 262 g/mol. The van der Waals surface area contributed by atoms with Crippen molar-refractivity contribution in [1.82, 2.24) is 10.6 Å². The summed E-state index contributed by atoms with van der Waals surface area (Å²) in [6, 6.07) is 6.99. The van der Waals surface area contributed by atoms with Crippen LogP contribution in [0.5, 0.6) is 5.75 Å². The van der Waals surface area contributed by atoms with Crippen molar-refractivity contribution in [3.63, 3.8) is 0 Å². The molecular formula is C16H26N2O. The number of hydrogen-bond donors (Lipinski definition) is 2. The molecule has 0 saturated heterocycles. The zero-order valence-electron chi connectivity index (χ0n) is 12.3. The Balaban J connectivity index is 1.94. The van der Waals surface area contributed by atoms with E-state index in [1.807, 2.05) is 7.05 Å². The first kappa shape index (κ1) is 14.4. The fourth-order valence-electron chi connectivity index (χ4n) is 2.91. The highest BCUT2D eigenvalue weighted by Crippen LogP contribution is 2.29. The van der Waals surface area contributed by atoms with E-state index in [-0.39, 0.29) is 0 Å². The van der Waals surface area contributed by atoms with Crippen LogP contribution < -0.4 is 15.4 Å². The van der Waals surface area contributed by atoms with Gasteiger partial charge in [-0.05, 0) is 62.5 Å². The lowest BCUT2D eigenvalue weighted by molar-refractivity contribution is 0.382. The predicted octanol–water partition coefficient (Wildman–Crippen LogP) is 2.00. The molecule has 0 spiro atoms. The third-order valence-electron chi connectivity index (χ3n) is 3.97. The Morgan fingerprint density at radius 1 is 1.37 bits per heavy atom. The van der Waals surface area contributed by atoms with Crippen LogP contribution >= 0.6 is 0 Å². The first-order chi connectivity index (χ1) is 9.24. The molecule has 0 fully saturated rings. The average Bonchev–Trinajstić information content (AvgIpc) is 2.44. The van der Waals surface area contributed by atoms with Crippen LogP contribution in [0.3, 0.4) is 0 Å². The molecule has 2 atom stereocenters. The Morgan fingerprint density at radius 3 is 2.95 bits per heavy atom. The van der Waals surface area contributed by atoms with Crippen molar-refractivity contribution in [1.29, 1.82) is 0 Å². The number of nitrogens with one attached hydrogen (secondary N) is 2. The molecule has 1 aliphatic rings. The van der Waals surface area contributed by atoms with Crippen LogP contribution in [0.25, 0.3) is 0 Å². The largest absolute Gasteiger partial charge is 0.496 e. The minimum atomic E-state index is 0.586. The van der Waals surface area contributed by atoms with Crippen molar-refractivity contribution in [2.24, 2.45) is 5.92 Å². The van der Waals surface area contributed by atoms with E-state index >= 15 is 0 Å². The van der Waals surface area contributed by atoms with Crippen LogP contribution in [0.4, 0.5) is 0 Å². The van der Waals surface area contributed by atoms with E-state index in [4.69, 9.17) is 4.74 Å². The fourth-order valence-corrected chi connectivity index (χ4v) is 2.91. The van der Waals surface area contributed by atoms with E-state index in [0.29, 0.717) is 12.0 Å². The van der Waals surface area contributed by atoms with E-state index < -0.39 is 0 Å². The lowest BCUT2D eigenvalue weighted by atomic mass is 9.87. The second kappa shape index (κ2) is 6.92. The van der Waals surface area contributed by atoms with Gasteiger partial charge in [0.15, 0.2) is 0 Å². The minimum absolute atomic E-state index is 0.586. The lowest BCUT2D eigenvalue weighted by Crippen LogP contribution is -2.38. The van der Waals surface area contributed by atoms with Crippen molar-refractivity contribution in [2.75, 3.05) is 27.2 Å². The van der Waals surface area contributed by atoms with E-state index in [0.717, 1.165) is 31.7 Å². The van der Waals surface area contributed by atoms with E-state index in [1.54, 1.807) is 7.11 Å². The van der Waals surface area contributed by atoms with Crippen LogP contribution in [0.1, 0.15) is 24.5 Å². The third-order valence-corrected chi connectivity index (χ3v) is 3.97. The van der Waals surface area contributed by atoms with Gasteiger partial charge in [0, 0.05) is 6.04 Å². The summed E-state index contributed by atoms with van der Waals surface area (Å²) >= 11 is 0. The van der Waals surface area contributed by atoms with Crippen molar-refractivity contribution in [3.8, 4) is 5.75 Å². The maximum absolute atomic E-state index is 5.49. The topological polar surface area (TPSA) is 33.3 Å². The summed E-state index contributed by atoms with van der Waals surface area (Å²) in [6.07, 6.45) is 3.47. The van der Waals surface area contributed by atoms with Gasteiger partial charge in [0.05, 0.1) is 7.11 Å². The number of benzene rings is 1. The molecule has 1 aromatic carbocycles. The first-order valence-electron chi connectivity index (χ1n) is 7.27. The van der Waals surface area contributed by atoms with Crippen LogP contribution in [0, 0.1) is 5.92 Å². The van der Waals surface area contributed by atoms with Crippen LogP contribution in [-0.2, 0) is 12.8 Å². The molecule has 0 heterocycles. The molecule has 2 rings (SSSR count). The first-order valence-corrected chi connectivity index (χ1v) is 7.27. The number of hydrogen-bond acceptors (Lipinski definition) is 3. The highest BCUT2D eigenvalue weighted by Gasteiger charge is 2.21. The third kappa shape index (κ3) is 3.71. The number of ether oxygens (including phenoxy) is 1. The zero-order chi connectivity index (χ0) is 13.7. The Hall–Kier alpha value is -1.06. The van der Waals surface area contributed by atoms with E-state index in [1.165, 1.54) is 17.5 Å². The molecular weight excluding hydrogens is 236 g/mol. The molecule has 0 aliphatic heterocycles. The van der Waals surface area contributed by atoms with Crippen molar-refractivity contribution < 1.29 is 4.74 Å². The molecule has 0 radical (unpaired) electrons. The Labute approximate surface area is 116 Å². The number of aryl methyl sites for hydroxylation is 1. The van der Waals surface area contributed by atoms with Gasteiger partial charge in [0.1, 0.15) is 5.75 Å². The summed E-state index contributed by atoms with van der Waals surface area (Å²) < 4.78 is 5.49. The summed E-state index contributed by atoms with van der Waals surface area (Å²) in [5.74, 6) is 1.72. The van der Waals surface area contributed by atoms with Crippen LogP contribution in [0.2, 0.25) is 0 Å². The van der Waals surface area contributed by atoms with E-state index in [2.05, 4.69) is 35.8 Å². The molecule has 106 valence electrons. The van der Waals surface area contributed by atoms with Crippen molar-refractivity contribution in [3.05, 3.63) is 29.3 Å². The second-order valence-electron chi connectivity index (χ2n) is 5.61. The molecule has 1 aliphatic carbocycles. The van der Waals surface area contributed by atoms with Gasteiger partial charge >= 0.3 is 0 Å². The van der Waals surface area contributed by atoms with Crippen molar-refractivity contribution >= 4 is 0 Å². The maximum Gasteiger partial charge on any atom is 0.122 e. The van der Waals surface area contributed by atoms with Crippen LogP contribution in [-0.4, -0.2) is 33.3 Å². The van der Waals surface area contributed by atoms with Gasteiger partial charge in [-0.2, -0.15) is 0 Å². The highest BCUT2D eigenvalue weighted by atomic mass is 16.5. The van der Waals surface area contributed by atoms with Gasteiger partial charge in [-0.3, -0.25) is 0 Å². The SMILES string of the molecule is CNCC(C)CNC1CCc2cccc(OC)c2C1. The zero-order valence-corrected chi connectivity index (χ0v) is 12.3.